The Morgan fingerprint density at radius 1 is 0.880 bits per heavy atom. The SMILES string of the molecule is C[CH2][Ge]([CH2]C)([CH2]C)[CH2]CCCCCCCOc1ccc(C(=O)O)cc1. The van der Waals surface area contributed by atoms with E-state index in [1.54, 1.807) is 29.5 Å². The topological polar surface area (TPSA) is 46.5 Å². The number of unbranched alkanes of at least 4 members (excludes halogenated alkanes) is 5. The van der Waals surface area contributed by atoms with Gasteiger partial charge in [-0.2, -0.15) is 0 Å². The second-order valence-corrected chi connectivity index (χ2v) is 18.9. The second kappa shape index (κ2) is 12.4. The van der Waals surface area contributed by atoms with Crippen molar-refractivity contribution in [2.24, 2.45) is 0 Å². The summed E-state index contributed by atoms with van der Waals surface area (Å²) in [5, 5.41) is 14.9. The van der Waals surface area contributed by atoms with Crippen molar-refractivity contribution in [3.8, 4) is 5.75 Å². The molecule has 0 spiro atoms. The van der Waals surface area contributed by atoms with Crippen molar-refractivity contribution < 1.29 is 14.6 Å². The fraction of sp³-hybridized carbons (Fsp3) is 0.667. The summed E-state index contributed by atoms with van der Waals surface area (Å²) in [6.07, 6.45) is 7.78. The van der Waals surface area contributed by atoms with Gasteiger partial charge in [0.25, 0.3) is 0 Å². The van der Waals surface area contributed by atoms with Crippen LogP contribution in [0.4, 0.5) is 0 Å². The quantitative estimate of drug-likeness (QED) is 0.278. The Morgan fingerprint density at radius 3 is 1.92 bits per heavy atom. The molecule has 0 aliphatic carbocycles. The van der Waals surface area contributed by atoms with Crippen molar-refractivity contribution in [2.75, 3.05) is 6.61 Å². The van der Waals surface area contributed by atoms with Crippen molar-refractivity contribution >= 4 is 19.2 Å². The first-order valence-corrected chi connectivity index (χ1v) is 16.0. The van der Waals surface area contributed by atoms with Gasteiger partial charge in [-0.15, -0.1) is 0 Å². The summed E-state index contributed by atoms with van der Waals surface area (Å²) in [6.45, 7) is 7.97. The summed E-state index contributed by atoms with van der Waals surface area (Å²) >= 11 is -1.43. The molecule has 0 atom stereocenters. The van der Waals surface area contributed by atoms with Crippen molar-refractivity contribution in [2.45, 2.75) is 80.3 Å². The molecule has 0 aromatic heterocycles. The van der Waals surface area contributed by atoms with Crippen LogP contribution in [0.15, 0.2) is 24.3 Å². The van der Waals surface area contributed by atoms with Gasteiger partial charge in [-0.3, -0.25) is 0 Å². The Morgan fingerprint density at radius 2 is 1.40 bits per heavy atom. The van der Waals surface area contributed by atoms with Gasteiger partial charge in [0, 0.05) is 0 Å². The number of rotatable bonds is 14. The van der Waals surface area contributed by atoms with Crippen molar-refractivity contribution in [3.05, 3.63) is 29.8 Å². The monoisotopic (exact) mass is 410 g/mol. The van der Waals surface area contributed by atoms with E-state index in [1.807, 2.05) is 0 Å². The molecule has 1 aromatic carbocycles. The third-order valence-corrected chi connectivity index (χ3v) is 18.1. The van der Waals surface area contributed by atoms with Crippen LogP contribution in [0.3, 0.4) is 0 Å². The average Bonchev–Trinajstić information content (AvgIpc) is 2.64. The normalized spacial score (nSPS) is 11.5. The average molecular weight is 409 g/mol. The van der Waals surface area contributed by atoms with Crippen LogP contribution < -0.4 is 4.74 Å². The number of carboxylic acid groups (broad SMARTS) is 1. The number of hydrogen-bond donors (Lipinski definition) is 1. The molecule has 0 bridgehead atoms. The predicted molar refractivity (Wildman–Crippen MR) is 109 cm³/mol. The van der Waals surface area contributed by atoms with Crippen LogP contribution in [0.2, 0.25) is 21.0 Å². The van der Waals surface area contributed by atoms with Crippen molar-refractivity contribution in [3.63, 3.8) is 0 Å². The summed E-state index contributed by atoms with van der Waals surface area (Å²) in [5.41, 5.74) is 0.301. The van der Waals surface area contributed by atoms with Gasteiger partial charge < -0.3 is 5.11 Å². The van der Waals surface area contributed by atoms with E-state index in [0.29, 0.717) is 12.2 Å². The first kappa shape index (κ1) is 22.1. The number of carboxylic acids is 1. The summed E-state index contributed by atoms with van der Waals surface area (Å²) < 4.78 is 5.67. The molecule has 0 heterocycles. The van der Waals surface area contributed by atoms with Gasteiger partial charge in [0.2, 0.25) is 0 Å². The van der Waals surface area contributed by atoms with Crippen LogP contribution in [-0.2, 0) is 0 Å². The fourth-order valence-corrected chi connectivity index (χ4v) is 10.9. The first-order valence-electron chi connectivity index (χ1n) is 10.0. The molecule has 1 aromatic rings. The molecule has 142 valence electrons. The molecule has 4 heteroatoms. The van der Waals surface area contributed by atoms with Crippen molar-refractivity contribution in [1.29, 1.82) is 0 Å². The van der Waals surface area contributed by atoms with Crippen molar-refractivity contribution in [1.82, 2.24) is 0 Å². The molecule has 0 aliphatic rings. The van der Waals surface area contributed by atoms with E-state index >= 15 is 0 Å². The van der Waals surface area contributed by atoms with Gasteiger partial charge in [-0.1, -0.05) is 0 Å². The van der Waals surface area contributed by atoms with Crippen LogP contribution in [0.5, 0.6) is 5.75 Å². The number of hydrogen-bond acceptors (Lipinski definition) is 2. The fourth-order valence-electron chi connectivity index (χ4n) is 3.47. The van der Waals surface area contributed by atoms with Gasteiger partial charge in [-0.25, -0.2) is 4.79 Å². The third kappa shape index (κ3) is 8.30. The molecule has 0 fully saturated rings. The maximum atomic E-state index is 10.8. The summed E-state index contributed by atoms with van der Waals surface area (Å²) in [4.78, 5) is 10.8. The number of aromatic carboxylic acids is 1. The molecule has 0 amide bonds. The second-order valence-electron chi connectivity index (χ2n) is 7.11. The predicted octanol–water partition coefficient (Wildman–Crippen LogP) is 6.61. The minimum absolute atomic E-state index is 0.301. The number of benzene rings is 1. The van der Waals surface area contributed by atoms with Crippen LogP contribution in [0, 0.1) is 0 Å². The van der Waals surface area contributed by atoms with Gasteiger partial charge in [-0.05, 0) is 0 Å². The molecule has 1 N–H and O–H groups in total. The third-order valence-electron chi connectivity index (χ3n) is 5.72. The van der Waals surface area contributed by atoms with Crippen LogP contribution in [-0.4, -0.2) is 30.9 Å². The zero-order valence-electron chi connectivity index (χ0n) is 16.4. The van der Waals surface area contributed by atoms with E-state index in [0.717, 1.165) is 12.2 Å². The van der Waals surface area contributed by atoms with Crippen LogP contribution in [0.25, 0.3) is 0 Å². The standard InChI is InChI=1S/C21H36GeO3/c1-4-22(5-2,6-3)17-11-9-7-8-10-12-18-25-20-15-13-19(14-16-20)21(23)24/h13-16H,4-12,17-18H2,1-3H3,(H,23,24). The van der Waals surface area contributed by atoms with E-state index in [9.17, 15) is 4.79 Å². The van der Waals surface area contributed by atoms with E-state index < -0.39 is 19.2 Å². The summed E-state index contributed by atoms with van der Waals surface area (Å²) in [6, 6.07) is 6.64. The zero-order valence-corrected chi connectivity index (χ0v) is 18.4. The molecular formula is C21H36GeO3. The molecule has 0 aliphatic heterocycles. The maximum absolute atomic E-state index is 10.8. The molecule has 0 unspecified atom stereocenters. The van der Waals surface area contributed by atoms with E-state index in [1.165, 1.54) is 47.9 Å². The molecule has 0 radical (unpaired) electrons. The van der Waals surface area contributed by atoms with Gasteiger partial charge in [0.1, 0.15) is 0 Å². The molecular weight excluding hydrogens is 373 g/mol. The Kier molecular flexibility index (Phi) is 10.9. The first-order chi connectivity index (χ1) is 12.1. The van der Waals surface area contributed by atoms with E-state index in [2.05, 4.69) is 20.8 Å². The summed E-state index contributed by atoms with van der Waals surface area (Å²) in [5.74, 6) is -0.143. The Hall–Kier alpha value is -0.967. The number of carbonyl (C=O) groups is 1. The zero-order chi connectivity index (χ0) is 18.5. The summed E-state index contributed by atoms with van der Waals surface area (Å²) in [7, 11) is 0. The molecule has 25 heavy (non-hydrogen) atoms. The van der Waals surface area contributed by atoms with E-state index in [4.69, 9.17) is 9.84 Å². The van der Waals surface area contributed by atoms with Gasteiger partial charge >= 0.3 is 141 Å². The number of ether oxygens (including phenoxy) is 1. The van der Waals surface area contributed by atoms with Crippen LogP contribution in [0.1, 0.15) is 69.7 Å². The molecule has 3 nitrogen and oxygen atoms in total. The molecule has 1 rings (SSSR count). The Balaban J connectivity index is 2.04. The van der Waals surface area contributed by atoms with Gasteiger partial charge in [0.15, 0.2) is 0 Å². The Bertz CT molecular complexity index is 472. The van der Waals surface area contributed by atoms with Gasteiger partial charge in [0.05, 0.1) is 5.56 Å². The minimum atomic E-state index is -1.43. The van der Waals surface area contributed by atoms with Crippen LogP contribution >= 0.6 is 0 Å². The molecule has 0 saturated carbocycles. The molecule has 0 saturated heterocycles. The Labute approximate surface area is 156 Å². The van der Waals surface area contributed by atoms with E-state index in [-0.39, 0.29) is 0 Å².